The number of carboxylic acid groups (broad SMARTS) is 1. The molecule has 0 radical (unpaired) electrons. The summed E-state index contributed by atoms with van der Waals surface area (Å²) in [5, 5.41) is 9.65. The average Bonchev–Trinajstić information content (AvgIpc) is 2.54. The van der Waals surface area contributed by atoms with E-state index in [9.17, 15) is 19.5 Å². The van der Waals surface area contributed by atoms with Gasteiger partial charge in [0.25, 0.3) is 0 Å². The van der Waals surface area contributed by atoms with E-state index >= 15 is 0 Å². The monoisotopic (exact) mass is 351 g/mol. The van der Waals surface area contributed by atoms with Gasteiger partial charge in [-0.25, -0.2) is 9.78 Å². The molecule has 3 rings (SSSR count). The molecule has 1 atom stereocenters. The lowest BCUT2D eigenvalue weighted by molar-refractivity contribution is -0.137. The highest BCUT2D eigenvalue weighted by atomic mass is 16.4. The zero-order valence-electron chi connectivity index (χ0n) is 14.6. The fourth-order valence-corrected chi connectivity index (χ4v) is 3.21. The molecule has 0 bridgehead atoms. The number of benzene rings is 2. The Bertz CT molecular complexity index is 1070. The van der Waals surface area contributed by atoms with Gasteiger partial charge in [-0.2, -0.15) is 0 Å². The van der Waals surface area contributed by atoms with E-state index in [0.29, 0.717) is 16.6 Å². The number of aromatic nitrogens is 1. The normalized spacial score (nSPS) is 12.1. The summed E-state index contributed by atoms with van der Waals surface area (Å²) in [6, 6.07) is 10.1. The van der Waals surface area contributed by atoms with Crippen molar-refractivity contribution in [2.45, 2.75) is 26.7 Å². The maximum absolute atomic E-state index is 13.0. The topological polar surface area (TPSA) is 97.5 Å². The summed E-state index contributed by atoms with van der Waals surface area (Å²) in [5.41, 5.74) is 1.78. The maximum Gasteiger partial charge on any atom is 0.359 e. The van der Waals surface area contributed by atoms with Crippen LogP contribution in [0.5, 0.6) is 0 Å². The summed E-state index contributed by atoms with van der Waals surface area (Å²) in [4.78, 5) is 41.3. The molecule has 132 valence electrons. The highest BCUT2D eigenvalue weighted by Gasteiger charge is 2.35. The Kier molecular flexibility index (Phi) is 4.42. The number of hydrogen-bond acceptors (Lipinski definition) is 5. The van der Waals surface area contributed by atoms with Crippen LogP contribution in [0.2, 0.25) is 0 Å². The Labute approximate surface area is 149 Å². The molecule has 1 aromatic heterocycles. The maximum atomic E-state index is 13.0. The summed E-state index contributed by atoms with van der Waals surface area (Å²) in [6.45, 7) is 5.37. The molecule has 1 N–H and O–H groups in total. The van der Waals surface area contributed by atoms with Crippen LogP contribution < -0.4 is 5.63 Å². The lowest BCUT2D eigenvalue weighted by Gasteiger charge is -2.15. The highest BCUT2D eigenvalue weighted by Crippen LogP contribution is 2.25. The summed E-state index contributed by atoms with van der Waals surface area (Å²) < 4.78 is 5.16. The highest BCUT2D eigenvalue weighted by molar-refractivity contribution is 6.13. The van der Waals surface area contributed by atoms with Gasteiger partial charge < -0.3 is 9.52 Å². The van der Waals surface area contributed by atoms with Gasteiger partial charge in [-0.05, 0) is 44.0 Å². The van der Waals surface area contributed by atoms with Gasteiger partial charge in [0.05, 0.1) is 0 Å². The fourth-order valence-electron chi connectivity index (χ4n) is 3.21. The van der Waals surface area contributed by atoms with E-state index in [1.807, 2.05) is 6.92 Å². The van der Waals surface area contributed by atoms with E-state index in [1.165, 1.54) is 0 Å². The van der Waals surface area contributed by atoms with Crippen molar-refractivity contribution in [1.29, 1.82) is 0 Å². The number of carbonyl (C=O) groups is 2. The van der Waals surface area contributed by atoms with Crippen LogP contribution in [-0.2, 0) is 4.79 Å². The van der Waals surface area contributed by atoms with Crippen LogP contribution in [0.25, 0.3) is 11.1 Å². The summed E-state index contributed by atoms with van der Waals surface area (Å²) in [5.74, 6) is -3.84. The molecule has 0 spiro atoms. The third kappa shape index (κ3) is 3.01. The summed E-state index contributed by atoms with van der Waals surface area (Å²) >= 11 is 0. The number of carbonyl (C=O) groups excluding carboxylic acids is 1. The number of aliphatic carboxylic acids is 1. The Hall–Kier alpha value is -3.28. The van der Waals surface area contributed by atoms with Gasteiger partial charge in [0.15, 0.2) is 17.3 Å². The Morgan fingerprint density at radius 1 is 1.08 bits per heavy atom. The minimum Gasteiger partial charge on any atom is -0.480 e. The number of nitrogens with zero attached hydrogens (tertiary/aromatic N) is 1. The summed E-state index contributed by atoms with van der Waals surface area (Å²) in [7, 11) is 0. The van der Waals surface area contributed by atoms with Crippen LogP contribution in [0.3, 0.4) is 0 Å². The van der Waals surface area contributed by atoms with Crippen molar-refractivity contribution >= 4 is 22.9 Å². The zero-order valence-corrected chi connectivity index (χ0v) is 14.6. The Balaban J connectivity index is 2.20. The van der Waals surface area contributed by atoms with Crippen LogP contribution in [0.4, 0.5) is 0 Å². The number of hydrogen-bond donors (Lipinski definition) is 1. The smallest absolute Gasteiger partial charge is 0.359 e. The number of rotatable bonds is 4. The van der Waals surface area contributed by atoms with E-state index in [0.717, 1.165) is 5.56 Å². The van der Waals surface area contributed by atoms with E-state index in [1.54, 1.807) is 50.2 Å². The standard InChI is InChI=1S/C20H17NO5/c1-10-8-11(2)15(12(3)9-10)18(22)16(19(23)24)17-20(25)26-14-7-5-4-6-13(14)21-17/h4-9,16H,1-3H3,(H,23,24). The molecule has 0 aliphatic rings. The third-order valence-electron chi connectivity index (χ3n) is 4.22. The van der Waals surface area contributed by atoms with E-state index < -0.39 is 29.0 Å². The molecule has 0 saturated heterocycles. The SMILES string of the molecule is Cc1cc(C)c(C(=O)C(C(=O)O)c2nc3ccccc3oc2=O)c(C)c1. The molecule has 2 aromatic carbocycles. The van der Waals surface area contributed by atoms with E-state index in [2.05, 4.69) is 4.98 Å². The van der Waals surface area contributed by atoms with E-state index in [4.69, 9.17) is 4.42 Å². The van der Waals surface area contributed by atoms with Crippen LogP contribution in [0.15, 0.2) is 45.6 Å². The third-order valence-corrected chi connectivity index (χ3v) is 4.22. The van der Waals surface area contributed by atoms with Crippen molar-refractivity contribution < 1.29 is 19.1 Å². The van der Waals surface area contributed by atoms with Gasteiger partial charge in [-0.15, -0.1) is 0 Å². The predicted molar refractivity (Wildman–Crippen MR) is 95.6 cm³/mol. The van der Waals surface area contributed by atoms with Gasteiger partial charge in [0, 0.05) is 5.56 Å². The molecule has 6 nitrogen and oxygen atoms in total. The molecule has 26 heavy (non-hydrogen) atoms. The zero-order chi connectivity index (χ0) is 19.0. The first-order chi connectivity index (χ1) is 12.3. The first-order valence-corrected chi connectivity index (χ1v) is 8.04. The first kappa shape index (κ1) is 17.5. The summed E-state index contributed by atoms with van der Waals surface area (Å²) in [6.07, 6.45) is 0. The van der Waals surface area contributed by atoms with Crippen molar-refractivity contribution in [3.8, 4) is 0 Å². The van der Waals surface area contributed by atoms with Gasteiger partial charge in [-0.1, -0.05) is 29.8 Å². The number of para-hydroxylation sites is 2. The molecule has 0 amide bonds. The van der Waals surface area contributed by atoms with Crippen LogP contribution >= 0.6 is 0 Å². The predicted octanol–water partition coefficient (Wildman–Crippen LogP) is 3.16. The molecule has 1 unspecified atom stereocenters. The van der Waals surface area contributed by atoms with Crippen LogP contribution in [-0.4, -0.2) is 21.8 Å². The van der Waals surface area contributed by atoms with Crippen molar-refractivity contribution in [2.24, 2.45) is 0 Å². The Morgan fingerprint density at radius 3 is 2.31 bits per heavy atom. The molecule has 0 saturated carbocycles. The fraction of sp³-hybridized carbons (Fsp3) is 0.200. The minimum atomic E-state index is -1.73. The molecule has 0 fully saturated rings. The van der Waals surface area contributed by atoms with Gasteiger partial charge in [0.2, 0.25) is 0 Å². The molecular weight excluding hydrogens is 334 g/mol. The lowest BCUT2D eigenvalue weighted by atomic mass is 9.88. The number of fused-ring (bicyclic) bond motifs is 1. The second kappa shape index (κ2) is 6.55. The molecule has 6 heteroatoms. The Morgan fingerprint density at radius 2 is 1.69 bits per heavy atom. The van der Waals surface area contributed by atoms with Crippen LogP contribution in [0.1, 0.15) is 38.7 Å². The van der Waals surface area contributed by atoms with Gasteiger partial charge in [-0.3, -0.25) is 9.59 Å². The molecule has 1 heterocycles. The molecule has 0 aliphatic carbocycles. The largest absolute Gasteiger partial charge is 0.480 e. The quantitative estimate of drug-likeness (QED) is 0.573. The van der Waals surface area contributed by atoms with Crippen molar-refractivity contribution in [3.63, 3.8) is 0 Å². The van der Waals surface area contributed by atoms with Crippen molar-refractivity contribution in [1.82, 2.24) is 4.98 Å². The second-order valence-corrected chi connectivity index (χ2v) is 6.26. The van der Waals surface area contributed by atoms with Crippen molar-refractivity contribution in [3.05, 3.63) is 74.8 Å². The minimum absolute atomic E-state index is 0.237. The number of Topliss-reactive ketones (excluding diaryl/α,β-unsaturated/α-hetero) is 1. The van der Waals surface area contributed by atoms with Crippen molar-refractivity contribution in [2.75, 3.05) is 0 Å². The number of ketones is 1. The molecular formula is C20H17NO5. The molecule has 3 aromatic rings. The first-order valence-electron chi connectivity index (χ1n) is 8.04. The van der Waals surface area contributed by atoms with E-state index in [-0.39, 0.29) is 11.1 Å². The number of aryl methyl sites for hydroxylation is 3. The van der Waals surface area contributed by atoms with Gasteiger partial charge in [0.1, 0.15) is 11.2 Å². The number of carboxylic acids is 1. The van der Waals surface area contributed by atoms with Gasteiger partial charge >= 0.3 is 11.6 Å². The molecule has 0 aliphatic heterocycles. The lowest BCUT2D eigenvalue weighted by Crippen LogP contribution is -2.29. The second-order valence-electron chi connectivity index (χ2n) is 6.26. The van der Waals surface area contributed by atoms with Crippen LogP contribution in [0, 0.1) is 20.8 Å². The average molecular weight is 351 g/mol.